The first-order valence-corrected chi connectivity index (χ1v) is 16.6. The molecule has 0 spiro atoms. The van der Waals surface area contributed by atoms with Crippen molar-refractivity contribution >= 4 is 67.0 Å². The lowest BCUT2D eigenvalue weighted by atomic mass is 9.99. The number of carbonyl (C=O) groups excluding carboxylic acids is 4. The normalized spacial score (nSPS) is 19.0. The van der Waals surface area contributed by atoms with Crippen LogP contribution in [0.4, 0.5) is 21.0 Å². The van der Waals surface area contributed by atoms with Gasteiger partial charge in [-0.05, 0) is 94.8 Å². The van der Waals surface area contributed by atoms with E-state index in [1.54, 1.807) is 17.0 Å². The molecule has 2 aromatic rings. The van der Waals surface area contributed by atoms with Gasteiger partial charge in [-0.3, -0.25) is 9.59 Å². The van der Waals surface area contributed by atoms with Gasteiger partial charge < -0.3 is 35.8 Å². The third-order valence-electron chi connectivity index (χ3n) is 8.68. The number of piperidine rings is 2. The molecule has 13 heteroatoms. The SMILES string of the molecule is CN1CCC(OC(=O)N[C@@H](CC(=O)c2cc(Br)c(N)c(Br)c2)C(=O)N2CCC(N3CCc4ccccc4NC3=O)CC2)CC1. The highest BCUT2D eigenvalue weighted by atomic mass is 79.9. The summed E-state index contributed by atoms with van der Waals surface area (Å²) < 4.78 is 6.76. The second-order valence-electron chi connectivity index (χ2n) is 11.7. The van der Waals surface area contributed by atoms with Crippen LogP contribution in [0.2, 0.25) is 0 Å². The Kier molecular flexibility index (Phi) is 10.5. The van der Waals surface area contributed by atoms with E-state index in [9.17, 15) is 19.2 Å². The number of halogens is 2. The van der Waals surface area contributed by atoms with Gasteiger partial charge in [0.15, 0.2) is 5.78 Å². The third-order valence-corrected chi connectivity index (χ3v) is 9.99. The number of rotatable bonds is 7. The minimum atomic E-state index is -1.11. The highest BCUT2D eigenvalue weighted by molar-refractivity contribution is 9.11. The summed E-state index contributed by atoms with van der Waals surface area (Å²) >= 11 is 6.74. The molecule has 0 aromatic heterocycles. The molecule has 2 aromatic carbocycles. The van der Waals surface area contributed by atoms with Crippen LogP contribution in [-0.2, 0) is 16.0 Å². The van der Waals surface area contributed by atoms with E-state index in [0.717, 1.165) is 30.8 Å². The molecule has 1 atom stereocenters. The molecule has 3 aliphatic heterocycles. The molecule has 2 fully saturated rings. The first-order chi connectivity index (χ1) is 21.1. The lowest BCUT2D eigenvalue weighted by Gasteiger charge is -2.39. The molecule has 0 unspecified atom stereocenters. The van der Waals surface area contributed by atoms with Crippen LogP contribution in [0.5, 0.6) is 0 Å². The van der Waals surface area contributed by atoms with E-state index in [1.165, 1.54) is 0 Å². The second kappa shape index (κ2) is 14.3. The lowest BCUT2D eigenvalue weighted by Crippen LogP contribution is -2.55. The van der Waals surface area contributed by atoms with Crippen molar-refractivity contribution in [2.75, 3.05) is 50.8 Å². The van der Waals surface area contributed by atoms with Crippen LogP contribution in [-0.4, -0.2) is 96.5 Å². The minimum absolute atomic E-state index is 0.0275. The molecule has 44 heavy (non-hydrogen) atoms. The summed E-state index contributed by atoms with van der Waals surface area (Å²) in [6, 6.07) is 9.75. The Morgan fingerprint density at radius 3 is 2.36 bits per heavy atom. The van der Waals surface area contributed by atoms with E-state index < -0.39 is 12.1 Å². The molecule has 0 bridgehead atoms. The minimum Gasteiger partial charge on any atom is -0.446 e. The van der Waals surface area contributed by atoms with Crippen LogP contribution in [0.1, 0.15) is 48.0 Å². The number of nitrogens with zero attached hydrogens (tertiary/aromatic N) is 3. The average Bonchev–Trinajstić information content (AvgIpc) is 3.18. The van der Waals surface area contributed by atoms with Gasteiger partial charge in [-0.1, -0.05) is 18.2 Å². The monoisotopic (exact) mass is 732 g/mol. The number of nitrogens with one attached hydrogen (secondary N) is 2. The lowest BCUT2D eigenvalue weighted by molar-refractivity contribution is -0.134. The van der Waals surface area contributed by atoms with E-state index in [1.807, 2.05) is 36.2 Å². The fourth-order valence-corrected chi connectivity index (χ4v) is 7.22. The number of carbonyl (C=O) groups is 4. The third kappa shape index (κ3) is 7.73. The van der Waals surface area contributed by atoms with Gasteiger partial charge >= 0.3 is 12.1 Å². The Balaban J connectivity index is 1.24. The van der Waals surface area contributed by atoms with E-state index in [2.05, 4.69) is 47.4 Å². The molecule has 4 amide bonds. The Labute approximate surface area is 274 Å². The average molecular weight is 734 g/mol. The maximum atomic E-state index is 13.8. The van der Waals surface area contributed by atoms with Crippen LogP contribution in [0.3, 0.4) is 0 Å². The van der Waals surface area contributed by atoms with Crippen LogP contribution in [0.15, 0.2) is 45.3 Å². The number of urea groups is 1. The number of ether oxygens (including phenoxy) is 1. The zero-order valence-electron chi connectivity index (χ0n) is 24.7. The van der Waals surface area contributed by atoms with Crippen molar-refractivity contribution in [2.45, 2.75) is 56.7 Å². The van der Waals surface area contributed by atoms with E-state index in [-0.39, 0.29) is 36.3 Å². The summed E-state index contributed by atoms with van der Waals surface area (Å²) in [7, 11) is 2.02. The first-order valence-electron chi connectivity index (χ1n) is 15.0. The zero-order chi connectivity index (χ0) is 31.4. The summed E-state index contributed by atoms with van der Waals surface area (Å²) in [5, 5.41) is 5.72. The van der Waals surface area contributed by atoms with Gasteiger partial charge in [0.1, 0.15) is 12.1 Å². The Morgan fingerprint density at radius 1 is 1.02 bits per heavy atom. The second-order valence-corrected chi connectivity index (χ2v) is 13.4. The van der Waals surface area contributed by atoms with Gasteiger partial charge in [-0.15, -0.1) is 0 Å². The van der Waals surface area contributed by atoms with Crippen molar-refractivity contribution in [1.29, 1.82) is 0 Å². The number of hydrogen-bond acceptors (Lipinski definition) is 7. The van der Waals surface area contributed by atoms with Crippen molar-refractivity contribution in [3.63, 3.8) is 0 Å². The summed E-state index contributed by atoms with van der Waals surface area (Å²) in [4.78, 5) is 58.9. The van der Waals surface area contributed by atoms with E-state index >= 15 is 0 Å². The molecule has 4 N–H and O–H groups in total. The smallest absolute Gasteiger partial charge is 0.408 e. The predicted molar refractivity (Wildman–Crippen MR) is 175 cm³/mol. The van der Waals surface area contributed by atoms with Crippen LogP contribution in [0, 0.1) is 0 Å². The van der Waals surface area contributed by atoms with Gasteiger partial charge in [-0.25, -0.2) is 9.59 Å². The fraction of sp³-hybridized carbons (Fsp3) is 0.484. The molecule has 0 saturated carbocycles. The van der Waals surface area contributed by atoms with Crippen molar-refractivity contribution < 1.29 is 23.9 Å². The highest BCUT2D eigenvalue weighted by Gasteiger charge is 2.35. The zero-order valence-corrected chi connectivity index (χ0v) is 27.9. The van der Waals surface area contributed by atoms with Crippen molar-refractivity contribution in [1.82, 2.24) is 20.0 Å². The number of alkyl carbamates (subject to hydrolysis) is 1. The molecular weight excluding hydrogens is 696 g/mol. The molecule has 0 radical (unpaired) electrons. The number of para-hydroxylation sites is 1. The topological polar surface area (TPSA) is 137 Å². The maximum absolute atomic E-state index is 13.8. The Morgan fingerprint density at radius 2 is 1.68 bits per heavy atom. The van der Waals surface area contributed by atoms with Gasteiger partial charge in [0.2, 0.25) is 5.91 Å². The van der Waals surface area contributed by atoms with Gasteiger partial charge in [0.25, 0.3) is 0 Å². The van der Waals surface area contributed by atoms with E-state index in [0.29, 0.717) is 65.5 Å². The van der Waals surface area contributed by atoms with Crippen molar-refractivity contribution in [2.24, 2.45) is 0 Å². The number of hydrogen-bond donors (Lipinski definition) is 3. The molecule has 5 rings (SSSR count). The van der Waals surface area contributed by atoms with Crippen LogP contribution in [0.25, 0.3) is 0 Å². The van der Waals surface area contributed by atoms with Gasteiger partial charge in [-0.2, -0.15) is 0 Å². The molecule has 236 valence electrons. The molecule has 3 aliphatic rings. The van der Waals surface area contributed by atoms with Gasteiger partial charge in [0, 0.05) is 65.4 Å². The number of ketones is 1. The number of likely N-dealkylation sites (tertiary alicyclic amines) is 2. The largest absolute Gasteiger partial charge is 0.446 e. The molecule has 3 heterocycles. The van der Waals surface area contributed by atoms with Crippen LogP contribution < -0.4 is 16.4 Å². The predicted octanol–water partition coefficient (Wildman–Crippen LogP) is 4.64. The summed E-state index contributed by atoms with van der Waals surface area (Å²) in [5.41, 5.74) is 8.74. The summed E-state index contributed by atoms with van der Waals surface area (Å²) in [6.07, 6.45) is 2.15. The highest BCUT2D eigenvalue weighted by Crippen LogP contribution is 2.30. The number of amides is 4. The Hall–Kier alpha value is -3.16. The Bertz CT molecular complexity index is 1380. The van der Waals surface area contributed by atoms with Crippen molar-refractivity contribution in [3.05, 3.63) is 56.5 Å². The number of nitrogens with two attached hydrogens (primary N) is 1. The number of benzene rings is 2. The number of anilines is 2. The standard InChI is InChI=1S/C31H38Br2N6O5/c1-37-11-9-22(10-12-37)44-31(43)36-26(18-27(40)20-16-23(32)28(34)24(33)17-20)29(41)38-13-7-21(8-14-38)39-15-6-19-4-2-3-5-25(19)35-30(39)42/h2-5,16-17,21-22,26H,6-15,18,34H2,1H3,(H,35,42)(H,36,43)/t26-/m0/s1. The number of Topliss-reactive ketones (excluding diaryl/α,β-unsaturated/α-hetero) is 1. The summed E-state index contributed by atoms with van der Waals surface area (Å²) in [6.45, 7) is 3.02. The van der Waals surface area contributed by atoms with Crippen molar-refractivity contribution in [3.8, 4) is 0 Å². The quantitative estimate of drug-likeness (QED) is 0.279. The molecule has 11 nitrogen and oxygen atoms in total. The van der Waals surface area contributed by atoms with Gasteiger partial charge in [0.05, 0.1) is 5.69 Å². The van der Waals surface area contributed by atoms with Crippen LogP contribution >= 0.6 is 31.9 Å². The molecule has 2 saturated heterocycles. The maximum Gasteiger partial charge on any atom is 0.408 e. The molecule has 0 aliphatic carbocycles. The fourth-order valence-electron chi connectivity index (χ4n) is 6.04. The van der Waals surface area contributed by atoms with E-state index in [4.69, 9.17) is 10.5 Å². The number of fused-ring (bicyclic) bond motifs is 1. The number of nitrogen functional groups attached to an aromatic ring is 1. The summed E-state index contributed by atoms with van der Waals surface area (Å²) in [5.74, 6) is -0.668. The molecular formula is C31H38Br2N6O5. The first kappa shape index (κ1) is 32.2.